The number of carbonyl (C=O) groups excluding carboxylic acids is 2. The van der Waals surface area contributed by atoms with Crippen molar-refractivity contribution in [2.24, 2.45) is 5.10 Å². The van der Waals surface area contributed by atoms with Crippen LogP contribution in [0.25, 0.3) is 6.08 Å². The first-order valence-electron chi connectivity index (χ1n) is 9.31. The van der Waals surface area contributed by atoms with Crippen LogP contribution in [0.3, 0.4) is 0 Å². The summed E-state index contributed by atoms with van der Waals surface area (Å²) in [4.78, 5) is 24.1. The summed E-state index contributed by atoms with van der Waals surface area (Å²) >= 11 is 0. The molecule has 3 aromatic rings. The van der Waals surface area contributed by atoms with Gasteiger partial charge in [-0.05, 0) is 47.5 Å². The standard InChI is InChI=1S/C24H20N2O5/c1-30-22-15-18(16-25-26-24(29)19-9-5-6-10-20(19)27)11-13-21(22)31-23(28)14-12-17-7-3-2-4-8-17/h2-16,27H,1H3,(H,26,29). The molecule has 31 heavy (non-hydrogen) atoms. The lowest BCUT2D eigenvalue weighted by Gasteiger charge is -2.08. The van der Waals surface area contributed by atoms with Crippen LogP contribution in [0.4, 0.5) is 0 Å². The Morgan fingerprint density at radius 1 is 0.935 bits per heavy atom. The van der Waals surface area contributed by atoms with Gasteiger partial charge >= 0.3 is 5.97 Å². The lowest BCUT2D eigenvalue weighted by atomic mass is 10.2. The summed E-state index contributed by atoms with van der Waals surface area (Å²) in [6.45, 7) is 0. The lowest BCUT2D eigenvalue weighted by molar-refractivity contribution is -0.129. The zero-order chi connectivity index (χ0) is 22.1. The summed E-state index contributed by atoms with van der Waals surface area (Å²) in [6, 6.07) is 20.4. The van der Waals surface area contributed by atoms with Crippen LogP contribution in [-0.2, 0) is 4.79 Å². The molecule has 0 aliphatic rings. The van der Waals surface area contributed by atoms with Crippen molar-refractivity contribution >= 4 is 24.2 Å². The molecule has 0 aliphatic heterocycles. The SMILES string of the molecule is COc1cc(C=NNC(=O)c2ccccc2O)ccc1OC(=O)C=Cc1ccccc1. The van der Waals surface area contributed by atoms with Crippen LogP contribution in [0, 0.1) is 0 Å². The molecule has 0 saturated heterocycles. The van der Waals surface area contributed by atoms with Crippen molar-refractivity contribution in [3.05, 3.63) is 95.6 Å². The number of methoxy groups -OCH3 is 1. The first-order chi connectivity index (χ1) is 15.1. The number of hydrogen-bond donors (Lipinski definition) is 2. The van der Waals surface area contributed by atoms with Gasteiger partial charge in [0.2, 0.25) is 0 Å². The third-order valence-electron chi connectivity index (χ3n) is 4.14. The smallest absolute Gasteiger partial charge is 0.336 e. The fourth-order valence-electron chi connectivity index (χ4n) is 2.61. The molecule has 0 bridgehead atoms. The van der Waals surface area contributed by atoms with Gasteiger partial charge in [0.05, 0.1) is 18.9 Å². The topological polar surface area (TPSA) is 97.2 Å². The van der Waals surface area contributed by atoms with Crippen LogP contribution in [0.1, 0.15) is 21.5 Å². The zero-order valence-electron chi connectivity index (χ0n) is 16.7. The molecule has 7 heteroatoms. The molecule has 0 radical (unpaired) electrons. The molecule has 1 amide bonds. The van der Waals surface area contributed by atoms with E-state index in [-0.39, 0.29) is 17.1 Å². The van der Waals surface area contributed by atoms with Crippen LogP contribution < -0.4 is 14.9 Å². The fourth-order valence-corrected chi connectivity index (χ4v) is 2.61. The van der Waals surface area contributed by atoms with Crippen LogP contribution in [-0.4, -0.2) is 30.3 Å². The Balaban J connectivity index is 1.63. The van der Waals surface area contributed by atoms with Crippen molar-refractivity contribution < 1.29 is 24.2 Å². The number of rotatable bonds is 7. The van der Waals surface area contributed by atoms with Gasteiger partial charge in [-0.15, -0.1) is 0 Å². The van der Waals surface area contributed by atoms with Crippen molar-refractivity contribution in [1.82, 2.24) is 5.43 Å². The average molecular weight is 416 g/mol. The van der Waals surface area contributed by atoms with Crippen LogP contribution in [0.15, 0.2) is 84.0 Å². The molecule has 0 spiro atoms. The van der Waals surface area contributed by atoms with E-state index in [1.165, 1.54) is 31.5 Å². The van der Waals surface area contributed by atoms with Crippen molar-refractivity contribution in [3.63, 3.8) is 0 Å². The minimum atomic E-state index is -0.544. The van der Waals surface area contributed by atoms with Crippen molar-refractivity contribution in [2.45, 2.75) is 0 Å². The lowest BCUT2D eigenvalue weighted by Crippen LogP contribution is -2.17. The largest absolute Gasteiger partial charge is 0.507 e. The maximum atomic E-state index is 12.1. The predicted octanol–water partition coefficient (Wildman–Crippen LogP) is 3.78. The molecular weight excluding hydrogens is 396 g/mol. The Bertz CT molecular complexity index is 1120. The van der Waals surface area contributed by atoms with Crippen LogP contribution >= 0.6 is 0 Å². The van der Waals surface area contributed by atoms with Gasteiger partial charge in [-0.25, -0.2) is 10.2 Å². The number of nitrogens with one attached hydrogen (secondary N) is 1. The summed E-state index contributed by atoms with van der Waals surface area (Å²) in [5, 5.41) is 13.6. The quantitative estimate of drug-likeness (QED) is 0.201. The first kappa shape index (κ1) is 21.3. The molecular formula is C24H20N2O5. The fraction of sp³-hybridized carbons (Fsp3) is 0.0417. The Hall–Kier alpha value is -4.39. The van der Waals surface area contributed by atoms with Gasteiger partial charge in [0.15, 0.2) is 11.5 Å². The molecule has 0 fully saturated rings. The van der Waals surface area contributed by atoms with E-state index in [9.17, 15) is 14.7 Å². The van der Waals surface area contributed by atoms with Crippen LogP contribution in [0.5, 0.6) is 17.2 Å². The zero-order valence-corrected chi connectivity index (χ0v) is 16.7. The molecule has 0 saturated carbocycles. The summed E-state index contributed by atoms with van der Waals surface area (Å²) < 4.78 is 10.6. The number of amides is 1. The number of hydrogen-bond acceptors (Lipinski definition) is 6. The highest BCUT2D eigenvalue weighted by Gasteiger charge is 2.10. The number of esters is 1. The Morgan fingerprint density at radius 2 is 1.68 bits per heavy atom. The Kier molecular flexibility index (Phi) is 7.16. The molecule has 0 aromatic heterocycles. The van der Waals surface area contributed by atoms with E-state index < -0.39 is 11.9 Å². The van der Waals surface area contributed by atoms with Gasteiger partial charge < -0.3 is 14.6 Å². The Morgan fingerprint density at radius 3 is 2.42 bits per heavy atom. The van der Waals surface area contributed by atoms with Crippen molar-refractivity contribution in [3.8, 4) is 17.2 Å². The van der Waals surface area contributed by atoms with E-state index in [4.69, 9.17) is 9.47 Å². The maximum absolute atomic E-state index is 12.1. The third-order valence-corrected chi connectivity index (χ3v) is 4.14. The van der Waals surface area contributed by atoms with E-state index >= 15 is 0 Å². The molecule has 3 rings (SSSR count). The maximum Gasteiger partial charge on any atom is 0.336 e. The van der Waals surface area contributed by atoms with Gasteiger partial charge in [-0.1, -0.05) is 42.5 Å². The van der Waals surface area contributed by atoms with Crippen LogP contribution in [0.2, 0.25) is 0 Å². The minimum absolute atomic E-state index is 0.114. The Labute approximate surface area is 179 Å². The highest BCUT2D eigenvalue weighted by atomic mass is 16.6. The number of aromatic hydroxyl groups is 1. The second kappa shape index (κ2) is 10.4. The van der Waals surface area contributed by atoms with E-state index in [0.717, 1.165) is 5.56 Å². The summed E-state index contributed by atoms with van der Waals surface area (Å²) in [5.74, 6) is -0.641. The van der Waals surface area contributed by atoms with Gasteiger partial charge in [0.25, 0.3) is 5.91 Å². The molecule has 2 N–H and O–H groups in total. The summed E-state index contributed by atoms with van der Waals surface area (Å²) in [7, 11) is 1.45. The third kappa shape index (κ3) is 6.04. The van der Waals surface area contributed by atoms with Crippen molar-refractivity contribution in [2.75, 3.05) is 7.11 Å². The number of benzene rings is 3. The molecule has 0 atom stereocenters. The van der Waals surface area contributed by atoms with Crippen molar-refractivity contribution in [1.29, 1.82) is 0 Å². The molecule has 0 heterocycles. The summed E-state index contributed by atoms with van der Waals surface area (Å²) in [6.07, 6.45) is 4.39. The number of nitrogens with zero attached hydrogens (tertiary/aromatic N) is 1. The molecule has 156 valence electrons. The second-order valence-electron chi connectivity index (χ2n) is 6.29. The van der Waals surface area contributed by atoms with Gasteiger partial charge in [-0.2, -0.15) is 5.10 Å². The monoisotopic (exact) mass is 416 g/mol. The van der Waals surface area contributed by atoms with Gasteiger partial charge in [0, 0.05) is 6.08 Å². The predicted molar refractivity (Wildman–Crippen MR) is 117 cm³/mol. The first-order valence-corrected chi connectivity index (χ1v) is 9.31. The minimum Gasteiger partial charge on any atom is -0.507 e. The number of phenolic OH excluding ortho intramolecular Hbond substituents is 1. The highest BCUT2D eigenvalue weighted by molar-refractivity contribution is 5.97. The molecule has 0 unspecified atom stereocenters. The number of ether oxygens (including phenoxy) is 2. The van der Waals surface area contributed by atoms with E-state index in [1.54, 1.807) is 36.4 Å². The van der Waals surface area contributed by atoms with E-state index in [0.29, 0.717) is 11.3 Å². The average Bonchev–Trinajstić information content (AvgIpc) is 2.79. The molecule has 3 aromatic carbocycles. The van der Waals surface area contributed by atoms with Gasteiger partial charge in [0.1, 0.15) is 5.75 Å². The normalized spacial score (nSPS) is 10.9. The number of phenols is 1. The van der Waals surface area contributed by atoms with E-state index in [1.807, 2.05) is 30.3 Å². The molecule has 7 nitrogen and oxygen atoms in total. The molecule has 0 aliphatic carbocycles. The number of carbonyl (C=O) groups is 2. The summed E-state index contributed by atoms with van der Waals surface area (Å²) in [5.41, 5.74) is 3.94. The number of para-hydroxylation sites is 1. The second-order valence-corrected chi connectivity index (χ2v) is 6.29. The van der Waals surface area contributed by atoms with Gasteiger partial charge in [-0.3, -0.25) is 4.79 Å². The van der Waals surface area contributed by atoms with E-state index in [2.05, 4.69) is 10.5 Å². The number of hydrazone groups is 1. The highest BCUT2D eigenvalue weighted by Crippen LogP contribution is 2.28.